The second kappa shape index (κ2) is 11.3. The SMILES string of the molecule is COc1cccc(O)c1C1C2=CCC3C(=O)N(C4CCN(Cc5ccccc5)CC4)C(=O)C3C2CC2=C1C(=O)C=C(Br)C2=O. The number of amides is 2. The molecule has 2 saturated heterocycles. The van der Waals surface area contributed by atoms with Gasteiger partial charge in [0, 0.05) is 54.4 Å². The second-order valence-electron chi connectivity index (χ2n) is 12.3. The van der Waals surface area contributed by atoms with Crippen LogP contribution in [0.25, 0.3) is 0 Å². The van der Waals surface area contributed by atoms with E-state index >= 15 is 0 Å². The molecule has 8 nitrogen and oxygen atoms in total. The number of phenolic OH excluding ortho intramolecular Hbond substituents is 1. The predicted molar refractivity (Wildman–Crippen MR) is 166 cm³/mol. The number of ketones is 2. The maximum Gasteiger partial charge on any atom is 0.233 e. The molecule has 2 heterocycles. The standard InChI is InChI=1S/C35H33BrN2O6/c1-44-28-9-5-8-26(39)32(28)31-21-10-11-22-29(23(21)16-24-30(31)27(40)17-25(36)33(24)41)35(43)38(34(22)42)20-12-14-37(15-13-20)18-19-6-3-2-4-7-19/h2-10,17,20,22-23,29,31,39H,11-16,18H2,1H3. The average Bonchev–Trinajstić information content (AvgIpc) is 3.29. The van der Waals surface area contributed by atoms with Gasteiger partial charge in [0.2, 0.25) is 11.8 Å². The molecule has 1 N–H and O–H groups in total. The number of nitrogens with zero attached hydrogens (tertiary/aromatic N) is 2. The lowest BCUT2D eigenvalue weighted by Crippen LogP contribution is -2.47. The van der Waals surface area contributed by atoms with E-state index in [0.29, 0.717) is 41.7 Å². The predicted octanol–water partition coefficient (Wildman–Crippen LogP) is 4.83. The first-order valence-electron chi connectivity index (χ1n) is 15.2. The summed E-state index contributed by atoms with van der Waals surface area (Å²) in [5.41, 5.74) is 3.05. The summed E-state index contributed by atoms with van der Waals surface area (Å²) in [4.78, 5) is 59.1. The lowest BCUT2D eigenvalue weighted by Gasteiger charge is -2.42. The summed E-state index contributed by atoms with van der Waals surface area (Å²) >= 11 is 3.26. The normalized spacial score (nSPS) is 27.5. The number of likely N-dealkylation sites (tertiary alicyclic amines) is 2. The molecular weight excluding hydrogens is 624 g/mol. The van der Waals surface area contributed by atoms with Crippen LogP contribution in [0.4, 0.5) is 0 Å². The van der Waals surface area contributed by atoms with Crippen LogP contribution in [0, 0.1) is 17.8 Å². The van der Waals surface area contributed by atoms with Crippen LogP contribution in [0.1, 0.15) is 42.7 Å². The highest BCUT2D eigenvalue weighted by atomic mass is 79.9. The number of ether oxygens (including phenoxy) is 1. The van der Waals surface area contributed by atoms with E-state index in [0.717, 1.165) is 25.2 Å². The molecule has 2 aromatic rings. The number of phenols is 1. The first kappa shape index (κ1) is 28.9. The fraction of sp³-hybridized carbons (Fsp3) is 0.371. The number of hydrogen-bond donors (Lipinski definition) is 1. The quantitative estimate of drug-likeness (QED) is 0.279. The third-order valence-electron chi connectivity index (χ3n) is 10.1. The Labute approximate surface area is 264 Å². The van der Waals surface area contributed by atoms with Crippen molar-refractivity contribution in [2.75, 3.05) is 20.2 Å². The monoisotopic (exact) mass is 656 g/mol. The minimum atomic E-state index is -0.771. The number of halogens is 1. The lowest BCUT2D eigenvalue weighted by molar-refractivity contribution is -0.144. The van der Waals surface area contributed by atoms with E-state index in [9.17, 15) is 24.3 Å². The van der Waals surface area contributed by atoms with Crippen molar-refractivity contribution >= 4 is 39.3 Å². The fourth-order valence-corrected chi connectivity index (χ4v) is 8.55. The van der Waals surface area contributed by atoms with Crippen LogP contribution < -0.4 is 4.74 Å². The van der Waals surface area contributed by atoms with Gasteiger partial charge in [-0.25, -0.2) is 0 Å². The van der Waals surface area contributed by atoms with Crippen LogP contribution >= 0.6 is 15.9 Å². The zero-order valence-electron chi connectivity index (χ0n) is 24.4. The molecule has 9 heteroatoms. The van der Waals surface area contributed by atoms with Crippen molar-refractivity contribution in [3.05, 3.63) is 93.0 Å². The Morgan fingerprint density at radius 1 is 0.955 bits per heavy atom. The zero-order chi connectivity index (χ0) is 30.7. The Morgan fingerprint density at radius 3 is 2.43 bits per heavy atom. The first-order chi connectivity index (χ1) is 21.3. The number of fused-ring (bicyclic) bond motifs is 3. The summed E-state index contributed by atoms with van der Waals surface area (Å²) in [5, 5.41) is 11.1. The van der Waals surface area contributed by atoms with Gasteiger partial charge in [0.05, 0.1) is 23.4 Å². The molecule has 0 bridgehead atoms. The molecule has 0 saturated carbocycles. The van der Waals surface area contributed by atoms with E-state index < -0.39 is 23.7 Å². The summed E-state index contributed by atoms with van der Waals surface area (Å²) in [5.74, 6) is -3.00. The van der Waals surface area contributed by atoms with Crippen LogP contribution in [-0.4, -0.2) is 64.5 Å². The van der Waals surface area contributed by atoms with Gasteiger partial charge in [-0.05, 0) is 65.2 Å². The largest absolute Gasteiger partial charge is 0.507 e. The Kier molecular flexibility index (Phi) is 7.41. The summed E-state index contributed by atoms with van der Waals surface area (Å²) in [7, 11) is 1.49. The topological polar surface area (TPSA) is 104 Å². The molecular formula is C35H33BrN2O6. The van der Waals surface area contributed by atoms with Gasteiger partial charge in [-0.15, -0.1) is 0 Å². The molecule has 2 aromatic carbocycles. The van der Waals surface area contributed by atoms with Crippen LogP contribution in [-0.2, 0) is 25.7 Å². The molecule has 44 heavy (non-hydrogen) atoms. The smallest absolute Gasteiger partial charge is 0.233 e. The number of carbonyl (C=O) groups is 4. The number of aromatic hydroxyl groups is 1. The Morgan fingerprint density at radius 2 is 1.70 bits per heavy atom. The van der Waals surface area contributed by atoms with E-state index in [-0.39, 0.29) is 46.1 Å². The van der Waals surface area contributed by atoms with Gasteiger partial charge in [-0.1, -0.05) is 48.0 Å². The Balaban J connectivity index is 1.21. The molecule has 0 radical (unpaired) electrons. The van der Waals surface area contributed by atoms with E-state index in [1.165, 1.54) is 29.7 Å². The highest BCUT2D eigenvalue weighted by Gasteiger charge is 2.58. The van der Waals surface area contributed by atoms with E-state index in [1.54, 1.807) is 12.1 Å². The number of rotatable bonds is 5. The molecule has 3 aliphatic carbocycles. The van der Waals surface area contributed by atoms with Gasteiger partial charge in [0.15, 0.2) is 11.6 Å². The zero-order valence-corrected chi connectivity index (χ0v) is 26.0. The lowest BCUT2D eigenvalue weighted by atomic mass is 9.59. The van der Waals surface area contributed by atoms with Gasteiger partial charge in [0.1, 0.15) is 11.5 Å². The molecule has 7 rings (SSSR count). The van der Waals surface area contributed by atoms with E-state index in [2.05, 4.69) is 33.0 Å². The van der Waals surface area contributed by atoms with Crippen molar-refractivity contribution in [1.82, 2.24) is 9.80 Å². The number of carbonyl (C=O) groups excluding carboxylic acids is 4. The van der Waals surface area contributed by atoms with Crippen molar-refractivity contribution in [2.45, 2.75) is 44.2 Å². The van der Waals surface area contributed by atoms with Crippen molar-refractivity contribution in [3.8, 4) is 11.5 Å². The van der Waals surface area contributed by atoms with Crippen LogP contribution in [0.5, 0.6) is 11.5 Å². The second-order valence-corrected chi connectivity index (χ2v) is 13.2. The Bertz CT molecular complexity index is 1670. The number of Topliss-reactive ketones (excluding diaryl/α,β-unsaturated/α-hetero) is 1. The Hall–Kier alpha value is -3.82. The van der Waals surface area contributed by atoms with Gasteiger partial charge in [0.25, 0.3) is 0 Å². The van der Waals surface area contributed by atoms with Crippen molar-refractivity contribution in [1.29, 1.82) is 0 Å². The molecule has 0 aromatic heterocycles. The van der Waals surface area contributed by atoms with E-state index in [4.69, 9.17) is 4.74 Å². The third kappa shape index (κ3) is 4.59. The molecule has 2 aliphatic heterocycles. The summed E-state index contributed by atoms with van der Waals surface area (Å²) in [6.45, 7) is 2.42. The maximum absolute atomic E-state index is 14.3. The highest BCUT2D eigenvalue weighted by Crippen LogP contribution is 2.57. The summed E-state index contributed by atoms with van der Waals surface area (Å²) < 4.78 is 5.79. The number of methoxy groups -OCH3 is 1. The third-order valence-corrected chi connectivity index (χ3v) is 10.7. The van der Waals surface area contributed by atoms with Crippen molar-refractivity contribution in [2.24, 2.45) is 17.8 Å². The van der Waals surface area contributed by atoms with Crippen LogP contribution in [0.2, 0.25) is 0 Å². The highest BCUT2D eigenvalue weighted by molar-refractivity contribution is 9.12. The molecule has 5 aliphatic rings. The van der Waals surface area contributed by atoms with Gasteiger partial charge in [-0.3, -0.25) is 29.0 Å². The van der Waals surface area contributed by atoms with Gasteiger partial charge >= 0.3 is 0 Å². The minimum absolute atomic E-state index is 0.0588. The van der Waals surface area contributed by atoms with Gasteiger partial charge < -0.3 is 9.84 Å². The van der Waals surface area contributed by atoms with Crippen molar-refractivity contribution in [3.63, 3.8) is 0 Å². The number of imide groups is 1. The van der Waals surface area contributed by atoms with Gasteiger partial charge in [-0.2, -0.15) is 0 Å². The molecule has 4 atom stereocenters. The molecule has 2 fully saturated rings. The fourth-order valence-electron chi connectivity index (χ4n) is 8.10. The van der Waals surface area contributed by atoms with Crippen LogP contribution in [0.15, 0.2) is 81.9 Å². The maximum atomic E-state index is 14.3. The van der Waals surface area contributed by atoms with E-state index in [1.807, 2.05) is 24.3 Å². The minimum Gasteiger partial charge on any atom is -0.507 e. The summed E-state index contributed by atoms with van der Waals surface area (Å²) in [6.07, 6.45) is 5.22. The van der Waals surface area contributed by atoms with Crippen LogP contribution in [0.3, 0.4) is 0 Å². The number of benzene rings is 2. The molecule has 2 amide bonds. The number of hydrogen-bond acceptors (Lipinski definition) is 7. The molecule has 4 unspecified atom stereocenters. The van der Waals surface area contributed by atoms with Crippen molar-refractivity contribution < 1.29 is 29.0 Å². The molecule has 226 valence electrons. The number of allylic oxidation sites excluding steroid dienone is 6. The first-order valence-corrected chi connectivity index (χ1v) is 16.0. The number of piperidine rings is 1. The molecule has 0 spiro atoms. The average molecular weight is 658 g/mol. The summed E-state index contributed by atoms with van der Waals surface area (Å²) in [6, 6.07) is 15.0.